The smallest absolute Gasteiger partial charge is 0.160 e. The Labute approximate surface area is 71.6 Å². The van der Waals surface area contributed by atoms with Gasteiger partial charge in [-0.05, 0) is 25.0 Å². The minimum Gasteiger partial charge on any atom is -0.384 e. The molecule has 0 bridgehead atoms. The Morgan fingerprint density at radius 3 is 3.08 bits per heavy atom. The van der Waals surface area contributed by atoms with Crippen molar-refractivity contribution in [1.82, 2.24) is 0 Å². The molecule has 62 valence electrons. The van der Waals surface area contributed by atoms with Crippen molar-refractivity contribution in [3.8, 4) is 0 Å². The van der Waals surface area contributed by atoms with Gasteiger partial charge < -0.3 is 5.32 Å². The number of carbonyl (C=O) groups excluding carboxylic acids is 1. The zero-order chi connectivity index (χ0) is 8.55. The van der Waals surface area contributed by atoms with Crippen LogP contribution >= 0.6 is 0 Å². The average molecular weight is 161 g/mol. The van der Waals surface area contributed by atoms with Crippen LogP contribution in [0, 0.1) is 0 Å². The molecule has 0 radical (unpaired) electrons. The van der Waals surface area contributed by atoms with E-state index in [1.165, 1.54) is 5.56 Å². The van der Waals surface area contributed by atoms with Gasteiger partial charge in [-0.25, -0.2) is 0 Å². The van der Waals surface area contributed by atoms with E-state index in [0.29, 0.717) is 0 Å². The van der Waals surface area contributed by atoms with Crippen molar-refractivity contribution in [2.75, 3.05) is 11.9 Å². The number of anilines is 1. The second-order valence-corrected chi connectivity index (χ2v) is 3.06. The quantitative estimate of drug-likeness (QED) is 0.637. The van der Waals surface area contributed by atoms with Gasteiger partial charge in [0, 0.05) is 17.8 Å². The normalized spacial score (nSPS) is 13.8. The van der Waals surface area contributed by atoms with E-state index in [1.807, 2.05) is 18.2 Å². The van der Waals surface area contributed by atoms with Gasteiger partial charge in [-0.15, -0.1) is 0 Å². The monoisotopic (exact) mass is 161 g/mol. The number of Topliss-reactive ketones (excluding diaryl/α,β-unsaturated/α-hetero) is 1. The summed E-state index contributed by atoms with van der Waals surface area (Å²) in [6.45, 7) is 2.58. The number of hydrogen-bond acceptors (Lipinski definition) is 2. The third-order valence-electron chi connectivity index (χ3n) is 2.25. The Hall–Kier alpha value is -1.31. The first-order valence-corrected chi connectivity index (χ1v) is 4.16. The van der Waals surface area contributed by atoms with Gasteiger partial charge in [0.25, 0.3) is 0 Å². The van der Waals surface area contributed by atoms with E-state index in [0.717, 1.165) is 24.2 Å². The molecule has 0 aromatic heterocycles. The first kappa shape index (κ1) is 7.35. The van der Waals surface area contributed by atoms with Crippen LogP contribution in [0.15, 0.2) is 18.2 Å². The van der Waals surface area contributed by atoms with Crippen LogP contribution in [0.1, 0.15) is 22.8 Å². The Balaban J connectivity index is 2.56. The summed E-state index contributed by atoms with van der Waals surface area (Å²) in [4.78, 5) is 11.2. The molecule has 0 fully saturated rings. The molecule has 0 atom stereocenters. The van der Waals surface area contributed by atoms with Crippen LogP contribution in [0.3, 0.4) is 0 Å². The molecule has 1 aromatic carbocycles. The van der Waals surface area contributed by atoms with Crippen molar-refractivity contribution in [1.29, 1.82) is 0 Å². The number of carbonyl (C=O) groups is 1. The van der Waals surface area contributed by atoms with Gasteiger partial charge in [-0.3, -0.25) is 4.79 Å². The van der Waals surface area contributed by atoms with Gasteiger partial charge in [0.2, 0.25) is 0 Å². The summed E-state index contributed by atoms with van der Waals surface area (Å²) in [5.74, 6) is 0.163. The van der Waals surface area contributed by atoms with E-state index < -0.39 is 0 Å². The summed E-state index contributed by atoms with van der Waals surface area (Å²) >= 11 is 0. The molecule has 1 N–H and O–H groups in total. The van der Waals surface area contributed by atoms with Crippen LogP contribution in [0.5, 0.6) is 0 Å². The van der Waals surface area contributed by atoms with E-state index in [1.54, 1.807) is 6.92 Å². The summed E-state index contributed by atoms with van der Waals surface area (Å²) in [5.41, 5.74) is 3.19. The van der Waals surface area contributed by atoms with Gasteiger partial charge in [0.1, 0.15) is 0 Å². The Morgan fingerprint density at radius 2 is 2.33 bits per heavy atom. The summed E-state index contributed by atoms with van der Waals surface area (Å²) in [6, 6.07) is 5.84. The van der Waals surface area contributed by atoms with Crippen LogP contribution < -0.4 is 5.32 Å². The number of benzene rings is 1. The lowest BCUT2D eigenvalue weighted by Crippen LogP contribution is -1.96. The van der Waals surface area contributed by atoms with Crippen molar-refractivity contribution in [3.05, 3.63) is 29.3 Å². The molecule has 0 spiro atoms. The molecule has 1 aliphatic heterocycles. The first-order valence-electron chi connectivity index (χ1n) is 4.16. The summed E-state index contributed by atoms with van der Waals surface area (Å²) in [7, 11) is 0. The van der Waals surface area contributed by atoms with Gasteiger partial charge in [-0.2, -0.15) is 0 Å². The molecule has 2 heteroatoms. The summed E-state index contributed by atoms with van der Waals surface area (Å²) in [6.07, 6.45) is 0.977. The predicted molar refractivity (Wildman–Crippen MR) is 48.6 cm³/mol. The zero-order valence-corrected chi connectivity index (χ0v) is 7.05. The van der Waals surface area contributed by atoms with Crippen molar-refractivity contribution in [3.63, 3.8) is 0 Å². The minimum atomic E-state index is 0.163. The van der Waals surface area contributed by atoms with E-state index in [9.17, 15) is 4.79 Å². The lowest BCUT2D eigenvalue weighted by Gasteiger charge is -2.02. The number of ketones is 1. The highest BCUT2D eigenvalue weighted by Crippen LogP contribution is 2.25. The van der Waals surface area contributed by atoms with Gasteiger partial charge in [-0.1, -0.05) is 12.1 Å². The maximum absolute atomic E-state index is 11.2. The summed E-state index contributed by atoms with van der Waals surface area (Å²) in [5, 5.41) is 3.24. The molecule has 12 heavy (non-hydrogen) atoms. The van der Waals surface area contributed by atoms with Crippen molar-refractivity contribution in [2.45, 2.75) is 13.3 Å². The topological polar surface area (TPSA) is 29.1 Å². The largest absolute Gasteiger partial charge is 0.384 e. The Kier molecular flexibility index (Phi) is 1.61. The molecule has 1 aliphatic rings. The van der Waals surface area contributed by atoms with E-state index in [4.69, 9.17) is 0 Å². The molecule has 1 aromatic rings. The number of fused-ring (bicyclic) bond motifs is 1. The van der Waals surface area contributed by atoms with Crippen LogP contribution in [-0.2, 0) is 6.42 Å². The van der Waals surface area contributed by atoms with Crippen molar-refractivity contribution in [2.24, 2.45) is 0 Å². The molecule has 0 aliphatic carbocycles. The van der Waals surface area contributed by atoms with Crippen molar-refractivity contribution >= 4 is 11.5 Å². The minimum absolute atomic E-state index is 0.163. The summed E-state index contributed by atoms with van der Waals surface area (Å²) < 4.78 is 0. The molecule has 0 saturated carbocycles. The fraction of sp³-hybridized carbons (Fsp3) is 0.300. The predicted octanol–water partition coefficient (Wildman–Crippen LogP) is 1.86. The number of rotatable bonds is 1. The molecule has 2 rings (SSSR count). The molecule has 0 saturated heterocycles. The molecule has 0 unspecified atom stereocenters. The molecule has 0 amide bonds. The molecular weight excluding hydrogens is 150 g/mol. The third-order valence-corrected chi connectivity index (χ3v) is 2.25. The van der Waals surface area contributed by atoms with Crippen molar-refractivity contribution < 1.29 is 4.79 Å². The maximum Gasteiger partial charge on any atom is 0.160 e. The molecule has 1 heterocycles. The average Bonchev–Trinajstić information content (AvgIpc) is 2.49. The fourth-order valence-electron chi connectivity index (χ4n) is 1.67. The van der Waals surface area contributed by atoms with E-state index >= 15 is 0 Å². The fourth-order valence-corrected chi connectivity index (χ4v) is 1.67. The van der Waals surface area contributed by atoms with Crippen LogP contribution in [0.2, 0.25) is 0 Å². The SMILES string of the molecule is CC(=O)c1cccc2c1CCN2. The zero-order valence-electron chi connectivity index (χ0n) is 7.05. The Bertz CT molecular complexity index is 331. The number of hydrogen-bond donors (Lipinski definition) is 1. The van der Waals surface area contributed by atoms with Crippen LogP contribution in [0.25, 0.3) is 0 Å². The van der Waals surface area contributed by atoms with Gasteiger partial charge >= 0.3 is 0 Å². The van der Waals surface area contributed by atoms with Gasteiger partial charge in [0.05, 0.1) is 0 Å². The second kappa shape index (κ2) is 2.63. The van der Waals surface area contributed by atoms with Gasteiger partial charge in [0.15, 0.2) is 5.78 Å². The highest BCUT2D eigenvalue weighted by Gasteiger charge is 2.15. The standard InChI is InChI=1S/C10H11NO/c1-7(12)8-3-2-4-10-9(8)5-6-11-10/h2-4,11H,5-6H2,1H3. The number of nitrogens with one attached hydrogen (secondary N) is 1. The van der Waals surface area contributed by atoms with Crippen LogP contribution in [-0.4, -0.2) is 12.3 Å². The molecule has 2 nitrogen and oxygen atoms in total. The highest BCUT2D eigenvalue weighted by molar-refractivity contribution is 5.97. The maximum atomic E-state index is 11.2. The van der Waals surface area contributed by atoms with E-state index in [2.05, 4.69) is 5.32 Å². The van der Waals surface area contributed by atoms with E-state index in [-0.39, 0.29) is 5.78 Å². The molecular formula is C10H11NO. The Morgan fingerprint density at radius 1 is 1.50 bits per heavy atom. The lowest BCUT2D eigenvalue weighted by atomic mass is 10.0. The first-order chi connectivity index (χ1) is 5.79. The highest BCUT2D eigenvalue weighted by atomic mass is 16.1. The lowest BCUT2D eigenvalue weighted by molar-refractivity contribution is 0.101. The third kappa shape index (κ3) is 0.998. The van der Waals surface area contributed by atoms with Crippen LogP contribution in [0.4, 0.5) is 5.69 Å². The second-order valence-electron chi connectivity index (χ2n) is 3.06.